The van der Waals surface area contributed by atoms with Crippen molar-refractivity contribution in [1.82, 2.24) is 9.80 Å². The SMILES string of the molecule is O=C(c1cccc(Br)c1)N1C[C@@H]2CC3CCCCN3[C@@H]2C1. The highest BCUT2D eigenvalue weighted by molar-refractivity contribution is 9.10. The molecule has 3 fully saturated rings. The van der Waals surface area contributed by atoms with Crippen LogP contribution in [0.15, 0.2) is 28.7 Å². The van der Waals surface area contributed by atoms with Crippen LogP contribution in [0.5, 0.6) is 0 Å². The lowest BCUT2D eigenvalue weighted by Gasteiger charge is -2.34. The van der Waals surface area contributed by atoms with E-state index in [0.29, 0.717) is 12.0 Å². The fourth-order valence-corrected chi connectivity index (χ4v) is 4.89. The number of hydrogen-bond donors (Lipinski definition) is 0. The summed E-state index contributed by atoms with van der Waals surface area (Å²) in [6.45, 7) is 3.11. The molecule has 1 amide bonds. The summed E-state index contributed by atoms with van der Waals surface area (Å²) in [6.07, 6.45) is 5.39. The molecule has 1 aromatic rings. The Balaban J connectivity index is 1.49. The lowest BCUT2D eigenvalue weighted by Crippen LogP contribution is -2.43. The molecule has 0 bridgehead atoms. The number of carbonyl (C=O) groups is 1. The van der Waals surface area contributed by atoms with Gasteiger partial charge in [0.15, 0.2) is 0 Å². The molecular formula is C17H21BrN2O. The predicted molar refractivity (Wildman–Crippen MR) is 86.3 cm³/mol. The Morgan fingerprint density at radius 1 is 1.24 bits per heavy atom. The van der Waals surface area contributed by atoms with Crippen LogP contribution in [0.25, 0.3) is 0 Å². The maximum Gasteiger partial charge on any atom is 0.253 e. The molecule has 3 heterocycles. The first-order valence-electron chi connectivity index (χ1n) is 8.03. The molecule has 3 atom stereocenters. The highest BCUT2D eigenvalue weighted by Gasteiger charge is 2.47. The average Bonchev–Trinajstić information content (AvgIpc) is 3.04. The number of benzene rings is 1. The lowest BCUT2D eigenvalue weighted by molar-refractivity contribution is 0.0746. The van der Waals surface area contributed by atoms with Crippen molar-refractivity contribution in [3.8, 4) is 0 Å². The summed E-state index contributed by atoms with van der Waals surface area (Å²) in [5, 5.41) is 0. The van der Waals surface area contributed by atoms with E-state index in [4.69, 9.17) is 0 Å². The van der Waals surface area contributed by atoms with E-state index >= 15 is 0 Å². The van der Waals surface area contributed by atoms with Gasteiger partial charge in [0.1, 0.15) is 0 Å². The first kappa shape index (κ1) is 13.8. The lowest BCUT2D eigenvalue weighted by atomic mass is 9.99. The van der Waals surface area contributed by atoms with Crippen LogP contribution >= 0.6 is 15.9 Å². The van der Waals surface area contributed by atoms with E-state index < -0.39 is 0 Å². The maximum atomic E-state index is 12.7. The highest BCUT2D eigenvalue weighted by atomic mass is 79.9. The number of hydrogen-bond acceptors (Lipinski definition) is 2. The molecule has 21 heavy (non-hydrogen) atoms. The quantitative estimate of drug-likeness (QED) is 0.778. The summed E-state index contributed by atoms with van der Waals surface area (Å²) >= 11 is 3.45. The Labute approximate surface area is 134 Å². The van der Waals surface area contributed by atoms with Gasteiger partial charge < -0.3 is 4.90 Å². The normalized spacial score (nSPS) is 32.0. The van der Waals surface area contributed by atoms with E-state index in [1.165, 1.54) is 32.2 Å². The first-order valence-corrected chi connectivity index (χ1v) is 8.82. The van der Waals surface area contributed by atoms with Gasteiger partial charge in [-0.25, -0.2) is 0 Å². The average molecular weight is 349 g/mol. The molecule has 0 radical (unpaired) electrons. The van der Waals surface area contributed by atoms with Crippen LogP contribution < -0.4 is 0 Å². The van der Waals surface area contributed by atoms with Gasteiger partial charge >= 0.3 is 0 Å². The van der Waals surface area contributed by atoms with Crippen LogP contribution in [0.3, 0.4) is 0 Å². The van der Waals surface area contributed by atoms with Crippen molar-refractivity contribution in [3.63, 3.8) is 0 Å². The number of carbonyl (C=O) groups excluding carboxylic acids is 1. The second-order valence-electron chi connectivity index (χ2n) is 6.67. The summed E-state index contributed by atoms with van der Waals surface area (Å²) in [6, 6.07) is 9.18. The topological polar surface area (TPSA) is 23.6 Å². The molecule has 0 aliphatic carbocycles. The predicted octanol–water partition coefficient (Wildman–Crippen LogP) is 3.15. The summed E-state index contributed by atoms with van der Waals surface area (Å²) in [5.41, 5.74) is 0.805. The second-order valence-corrected chi connectivity index (χ2v) is 7.59. The van der Waals surface area contributed by atoms with Gasteiger partial charge in [-0.15, -0.1) is 0 Å². The zero-order valence-corrected chi connectivity index (χ0v) is 13.8. The van der Waals surface area contributed by atoms with Crippen molar-refractivity contribution in [1.29, 1.82) is 0 Å². The van der Waals surface area contributed by atoms with Gasteiger partial charge in [0, 0.05) is 35.2 Å². The van der Waals surface area contributed by atoms with Crippen molar-refractivity contribution in [2.75, 3.05) is 19.6 Å². The molecule has 3 aliphatic rings. The Morgan fingerprint density at radius 3 is 3.00 bits per heavy atom. The number of piperidine rings is 1. The molecule has 0 saturated carbocycles. The third kappa shape index (κ3) is 2.42. The first-order chi connectivity index (χ1) is 10.2. The largest absolute Gasteiger partial charge is 0.337 e. The van der Waals surface area contributed by atoms with Crippen molar-refractivity contribution < 1.29 is 4.79 Å². The van der Waals surface area contributed by atoms with Crippen molar-refractivity contribution in [3.05, 3.63) is 34.3 Å². The molecule has 3 nitrogen and oxygen atoms in total. The van der Waals surface area contributed by atoms with Gasteiger partial charge in [0.25, 0.3) is 5.91 Å². The van der Waals surface area contributed by atoms with Gasteiger partial charge in [-0.2, -0.15) is 0 Å². The number of amides is 1. The van der Waals surface area contributed by atoms with Gasteiger partial charge in [-0.05, 0) is 49.9 Å². The Hall–Kier alpha value is -0.870. The molecule has 3 saturated heterocycles. The molecule has 4 heteroatoms. The minimum absolute atomic E-state index is 0.194. The van der Waals surface area contributed by atoms with Crippen LogP contribution in [0, 0.1) is 5.92 Å². The molecule has 4 rings (SSSR count). The molecule has 112 valence electrons. The van der Waals surface area contributed by atoms with E-state index in [2.05, 4.69) is 25.7 Å². The number of halogens is 1. The smallest absolute Gasteiger partial charge is 0.253 e. The Kier molecular flexibility index (Phi) is 3.54. The second kappa shape index (κ2) is 5.40. The van der Waals surface area contributed by atoms with Gasteiger partial charge in [-0.1, -0.05) is 28.4 Å². The van der Waals surface area contributed by atoms with E-state index in [9.17, 15) is 4.79 Å². The number of nitrogens with zero attached hydrogens (tertiary/aromatic N) is 2. The van der Waals surface area contributed by atoms with E-state index in [1.807, 2.05) is 24.3 Å². The minimum Gasteiger partial charge on any atom is -0.337 e. The Morgan fingerprint density at radius 2 is 2.14 bits per heavy atom. The molecule has 1 aromatic carbocycles. The fourth-order valence-electron chi connectivity index (χ4n) is 4.49. The Bertz CT molecular complexity index is 561. The van der Waals surface area contributed by atoms with Crippen LogP contribution in [-0.2, 0) is 0 Å². The third-order valence-corrected chi connectivity index (χ3v) is 5.93. The molecule has 0 aromatic heterocycles. The van der Waals surface area contributed by atoms with Gasteiger partial charge in [-0.3, -0.25) is 9.69 Å². The number of likely N-dealkylation sites (tertiary alicyclic amines) is 1. The van der Waals surface area contributed by atoms with E-state index in [-0.39, 0.29) is 5.91 Å². The van der Waals surface area contributed by atoms with Gasteiger partial charge in [0.05, 0.1) is 0 Å². The van der Waals surface area contributed by atoms with Crippen LogP contribution in [0.4, 0.5) is 0 Å². The third-order valence-electron chi connectivity index (χ3n) is 5.44. The van der Waals surface area contributed by atoms with Crippen LogP contribution in [-0.4, -0.2) is 47.4 Å². The van der Waals surface area contributed by atoms with E-state index in [0.717, 1.165) is 29.2 Å². The highest BCUT2D eigenvalue weighted by Crippen LogP contribution is 2.40. The summed E-state index contributed by atoms with van der Waals surface area (Å²) in [5.74, 6) is 0.892. The zero-order valence-electron chi connectivity index (χ0n) is 12.2. The minimum atomic E-state index is 0.194. The maximum absolute atomic E-state index is 12.7. The molecule has 0 N–H and O–H groups in total. The van der Waals surface area contributed by atoms with E-state index in [1.54, 1.807) is 0 Å². The molecule has 0 spiro atoms. The van der Waals surface area contributed by atoms with Crippen molar-refractivity contribution in [2.45, 2.75) is 37.8 Å². The zero-order chi connectivity index (χ0) is 14.4. The van der Waals surface area contributed by atoms with Crippen molar-refractivity contribution in [2.24, 2.45) is 5.92 Å². The number of rotatable bonds is 1. The summed E-state index contributed by atoms with van der Waals surface area (Å²) in [7, 11) is 0. The summed E-state index contributed by atoms with van der Waals surface area (Å²) in [4.78, 5) is 17.4. The van der Waals surface area contributed by atoms with Gasteiger partial charge in [0.2, 0.25) is 0 Å². The standard InChI is InChI=1S/C17H21BrN2O/c18-14-5-3-4-12(8-14)17(21)19-10-13-9-15-6-1-2-7-20(15)16(13)11-19/h3-5,8,13,15-16H,1-2,6-7,9-11H2/t13-,15?,16+/m0/s1. The van der Waals surface area contributed by atoms with Crippen LogP contribution in [0.2, 0.25) is 0 Å². The van der Waals surface area contributed by atoms with Crippen LogP contribution in [0.1, 0.15) is 36.0 Å². The number of fused-ring (bicyclic) bond motifs is 3. The molecular weight excluding hydrogens is 328 g/mol. The summed E-state index contributed by atoms with van der Waals surface area (Å²) < 4.78 is 0.976. The fraction of sp³-hybridized carbons (Fsp3) is 0.588. The monoisotopic (exact) mass is 348 g/mol. The van der Waals surface area contributed by atoms with Crippen molar-refractivity contribution >= 4 is 21.8 Å². The molecule has 1 unspecified atom stereocenters. The molecule has 3 aliphatic heterocycles.